The molecule has 1 aliphatic carbocycles. The fraction of sp³-hybridized carbons (Fsp3) is 0.238. The van der Waals surface area contributed by atoms with E-state index in [2.05, 4.69) is 15.3 Å². The van der Waals surface area contributed by atoms with Crippen molar-refractivity contribution >= 4 is 39.0 Å². The van der Waals surface area contributed by atoms with E-state index in [4.69, 9.17) is 0 Å². The van der Waals surface area contributed by atoms with Gasteiger partial charge in [-0.15, -0.1) is 16.4 Å². The van der Waals surface area contributed by atoms with Crippen molar-refractivity contribution in [3.05, 3.63) is 64.6 Å². The molecule has 1 saturated heterocycles. The number of thiazole rings is 1. The number of allylic oxidation sites excluding steroid dienone is 4. The first-order chi connectivity index (χ1) is 14.5. The Hall–Kier alpha value is -3.46. The minimum absolute atomic E-state index is 0.00690. The molecule has 2 aliphatic rings. The van der Waals surface area contributed by atoms with Gasteiger partial charge in [0.15, 0.2) is 5.01 Å². The van der Waals surface area contributed by atoms with Crippen molar-refractivity contribution in [2.45, 2.75) is 26.4 Å². The molecule has 150 valence electrons. The fourth-order valence-electron chi connectivity index (χ4n) is 3.76. The van der Waals surface area contributed by atoms with Crippen LogP contribution in [0.4, 0.5) is 0 Å². The molecule has 1 atom stereocenters. The quantitative estimate of drug-likeness (QED) is 0.466. The van der Waals surface area contributed by atoms with Crippen LogP contribution in [0.5, 0.6) is 0 Å². The van der Waals surface area contributed by atoms with Gasteiger partial charge in [0.25, 0.3) is 5.91 Å². The Balaban J connectivity index is 1.31. The number of rotatable bonds is 5. The topological polar surface area (TPSA) is 98.1 Å². The van der Waals surface area contributed by atoms with Crippen molar-refractivity contribution in [1.29, 1.82) is 0 Å². The highest BCUT2D eigenvalue weighted by atomic mass is 32.1. The van der Waals surface area contributed by atoms with E-state index in [0.717, 1.165) is 15.8 Å². The summed E-state index contributed by atoms with van der Waals surface area (Å²) in [7, 11) is 0. The summed E-state index contributed by atoms with van der Waals surface area (Å²) in [5.41, 5.74) is 3.09. The minimum Gasteiger partial charge on any atom is -0.303 e. The van der Waals surface area contributed by atoms with Gasteiger partial charge in [-0.3, -0.25) is 14.4 Å². The summed E-state index contributed by atoms with van der Waals surface area (Å²) in [5.74, 6) is -1.46. The number of para-hydroxylation sites is 1. The standard InChI is InChI=1S/C21H17N5O3S/c1-12-6-7-16-14(8-12)19(28)21(29)26(16)10-13-9-25(24-23-13)11-17(27)20-22-15-4-2-3-5-18(15)30-20/h2-7,9,14H,8,10-11H2,1H3. The molecule has 2 aromatic heterocycles. The number of ketones is 2. The van der Waals surface area contributed by atoms with E-state index in [1.165, 1.54) is 20.9 Å². The van der Waals surface area contributed by atoms with Gasteiger partial charge < -0.3 is 4.90 Å². The molecule has 0 bridgehead atoms. The summed E-state index contributed by atoms with van der Waals surface area (Å²) in [6, 6.07) is 7.59. The van der Waals surface area contributed by atoms with Crippen LogP contribution < -0.4 is 0 Å². The molecule has 1 fully saturated rings. The Labute approximate surface area is 175 Å². The van der Waals surface area contributed by atoms with Crippen molar-refractivity contribution in [3.63, 3.8) is 0 Å². The second kappa shape index (κ2) is 7.10. The predicted octanol–water partition coefficient (Wildman–Crippen LogP) is 2.53. The Kier molecular flexibility index (Phi) is 4.39. The molecule has 0 saturated carbocycles. The lowest BCUT2D eigenvalue weighted by Crippen LogP contribution is -2.26. The number of Topliss-reactive ketones (excluding diaryl/α,β-unsaturated/α-hetero) is 2. The Bertz CT molecular complexity index is 1240. The smallest absolute Gasteiger partial charge is 0.295 e. The van der Waals surface area contributed by atoms with Crippen molar-refractivity contribution in [2.75, 3.05) is 0 Å². The van der Waals surface area contributed by atoms with Crippen LogP contribution in [0.3, 0.4) is 0 Å². The highest BCUT2D eigenvalue weighted by Gasteiger charge is 2.44. The first kappa shape index (κ1) is 18.6. The Morgan fingerprint density at radius 1 is 1.23 bits per heavy atom. The van der Waals surface area contributed by atoms with E-state index < -0.39 is 11.8 Å². The van der Waals surface area contributed by atoms with E-state index in [1.807, 2.05) is 43.3 Å². The number of hydrogen-bond acceptors (Lipinski definition) is 7. The highest BCUT2D eigenvalue weighted by molar-refractivity contribution is 7.20. The van der Waals surface area contributed by atoms with Crippen LogP contribution in [0.25, 0.3) is 10.2 Å². The lowest BCUT2D eigenvalue weighted by atomic mass is 9.91. The molecule has 5 rings (SSSR count). The maximum Gasteiger partial charge on any atom is 0.295 e. The van der Waals surface area contributed by atoms with Gasteiger partial charge in [-0.1, -0.05) is 29.0 Å². The van der Waals surface area contributed by atoms with E-state index in [1.54, 1.807) is 6.20 Å². The van der Waals surface area contributed by atoms with E-state index in [0.29, 0.717) is 22.8 Å². The number of fused-ring (bicyclic) bond motifs is 2. The average Bonchev–Trinajstić information content (AvgIpc) is 3.42. The molecule has 0 spiro atoms. The lowest BCUT2D eigenvalue weighted by molar-refractivity contribution is -0.140. The number of likely N-dealkylation sites (tertiary alicyclic amines) is 1. The highest BCUT2D eigenvalue weighted by Crippen LogP contribution is 2.35. The third kappa shape index (κ3) is 3.17. The zero-order valence-corrected chi connectivity index (χ0v) is 16.9. The number of carbonyl (C=O) groups excluding carboxylic acids is 3. The summed E-state index contributed by atoms with van der Waals surface area (Å²) in [6.07, 6.45) is 5.95. The number of nitrogens with zero attached hydrogens (tertiary/aromatic N) is 5. The van der Waals surface area contributed by atoms with Gasteiger partial charge >= 0.3 is 0 Å². The molecule has 1 aromatic carbocycles. The van der Waals surface area contributed by atoms with Crippen LogP contribution in [0.2, 0.25) is 0 Å². The summed E-state index contributed by atoms with van der Waals surface area (Å²) in [6.45, 7) is 2.10. The molecular weight excluding hydrogens is 402 g/mol. The van der Waals surface area contributed by atoms with Gasteiger partial charge in [0.1, 0.15) is 12.2 Å². The van der Waals surface area contributed by atoms with Gasteiger partial charge in [0, 0.05) is 5.70 Å². The molecule has 9 heteroatoms. The summed E-state index contributed by atoms with van der Waals surface area (Å²) < 4.78 is 2.39. The molecule has 0 radical (unpaired) electrons. The van der Waals surface area contributed by atoms with Crippen LogP contribution in [0.1, 0.15) is 28.8 Å². The summed E-state index contributed by atoms with van der Waals surface area (Å²) in [5, 5.41) is 8.51. The number of carbonyl (C=O) groups is 3. The number of hydrogen-bond donors (Lipinski definition) is 0. The van der Waals surface area contributed by atoms with Crippen molar-refractivity contribution in [3.8, 4) is 0 Å². The third-order valence-corrected chi connectivity index (χ3v) is 6.33. The van der Waals surface area contributed by atoms with E-state index in [-0.39, 0.29) is 24.7 Å². The molecule has 30 heavy (non-hydrogen) atoms. The van der Waals surface area contributed by atoms with Crippen LogP contribution in [-0.2, 0) is 22.7 Å². The first-order valence-corrected chi connectivity index (χ1v) is 10.3. The average molecular weight is 419 g/mol. The van der Waals surface area contributed by atoms with Crippen molar-refractivity contribution in [2.24, 2.45) is 5.92 Å². The van der Waals surface area contributed by atoms with Gasteiger partial charge in [-0.2, -0.15) is 0 Å². The van der Waals surface area contributed by atoms with E-state index in [9.17, 15) is 14.4 Å². The second-order valence-corrected chi connectivity index (χ2v) is 8.46. The second-order valence-electron chi connectivity index (χ2n) is 7.43. The van der Waals surface area contributed by atoms with Crippen LogP contribution in [-0.4, -0.2) is 42.4 Å². The number of aromatic nitrogens is 4. The normalized spacial score (nSPS) is 18.6. The Morgan fingerprint density at radius 3 is 2.90 bits per heavy atom. The number of amides is 1. The van der Waals surface area contributed by atoms with Crippen molar-refractivity contribution < 1.29 is 14.4 Å². The largest absolute Gasteiger partial charge is 0.303 e. The predicted molar refractivity (Wildman–Crippen MR) is 109 cm³/mol. The maximum atomic E-state index is 12.6. The molecule has 8 nitrogen and oxygen atoms in total. The van der Waals surface area contributed by atoms with Crippen molar-refractivity contribution in [1.82, 2.24) is 24.9 Å². The minimum atomic E-state index is -0.519. The van der Waals surface area contributed by atoms with Gasteiger partial charge in [-0.05, 0) is 31.6 Å². The first-order valence-electron chi connectivity index (χ1n) is 9.50. The van der Waals surface area contributed by atoms with E-state index >= 15 is 0 Å². The van der Waals surface area contributed by atoms with Crippen LogP contribution in [0.15, 0.2) is 53.9 Å². The monoisotopic (exact) mass is 419 g/mol. The zero-order chi connectivity index (χ0) is 20.8. The molecule has 3 aromatic rings. The van der Waals surface area contributed by atoms with Gasteiger partial charge in [0.05, 0.1) is 28.9 Å². The SMILES string of the molecule is CC1=CC=C2C(C1)C(=O)C(=O)N2Cc1cn(CC(=O)c2nc3ccccc3s2)nn1. The molecule has 0 N–H and O–H groups in total. The molecular formula is C21H17N5O3S. The number of benzene rings is 1. The third-order valence-electron chi connectivity index (χ3n) is 5.25. The maximum absolute atomic E-state index is 12.6. The molecule has 1 aliphatic heterocycles. The molecule has 1 amide bonds. The fourth-order valence-corrected chi connectivity index (χ4v) is 4.66. The Morgan fingerprint density at radius 2 is 2.07 bits per heavy atom. The molecule has 3 heterocycles. The zero-order valence-electron chi connectivity index (χ0n) is 16.1. The van der Waals surface area contributed by atoms with Gasteiger partial charge in [-0.25, -0.2) is 9.67 Å². The summed E-state index contributed by atoms with van der Waals surface area (Å²) in [4.78, 5) is 43.2. The van der Waals surface area contributed by atoms with Crippen LogP contribution >= 0.6 is 11.3 Å². The van der Waals surface area contributed by atoms with Gasteiger partial charge in [0.2, 0.25) is 11.6 Å². The lowest BCUT2D eigenvalue weighted by Gasteiger charge is -2.20. The summed E-state index contributed by atoms with van der Waals surface area (Å²) >= 11 is 1.35. The van der Waals surface area contributed by atoms with Crippen LogP contribution in [0, 0.1) is 5.92 Å². The molecule has 1 unspecified atom stereocenters.